The van der Waals surface area contributed by atoms with Gasteiger partial charge in [-0.3, -0.25) is 4.79 Å². The first-order chi connectivity index (χ1) is 11.5. The predicted octanol–water partition coefficient (Wildman–Crippen LogP) is 4.28. The van der Waals surface area contributed by atoms with Crippen molar-refractivity contribution in [3.8, 4) is 5.75 Å². The number of hydrogen-bond acceptors (Lipinski definition) is 2. The van der Waals surface area contributed by atoms with E-state index >= 15 is 0 Å². The Balaban J connectivity index is 1.87. The van der Waals surface area contributed by atoms with Crippen LogP contribution in [-0.2, 0) is 11.2 Å². The number of nitrogens with one attached hydrogen (secondary N) is 2. The summed E-state index contributed by atoms with van der Waals surface area (Å²) in [6.45, 7) is 6.05. The Kier molecular flexibility index (Phi) is 4.30. The minimum Gasteiger partial charge on any atom is -0.495 e. The van der Waals surface area contributed by atoms with E-state index in [1.54, 1.807) is 7.11 Å². The molecule has 0 radical (unpaired) electrons. The Morgan fingerprint density at radius 2 is 1.79 bits per heavy atom. The summed E-state index contributed by atoms with van der Waals surface area (Å²) in [5.74, 6) is 0.616. The highest BCUT2D eigenvalue weighted by atomic mass is 16.5. The van der Waals surface area contributed by atoms with Crippen LogP contribution >= 0.6 is 0 Å². The van der Waals surface area contributed by atoms with E-state index in [2.05, 4.69) is 35.4 Å². The summed E-state index contributed by atoms with van der Waals surface area (Å²) in [5.41, 5.74) is 6.10. The van der Waals surface area contributed by atoms with E-state index < -0.39 is 0 Å². The van der Waals surface area contributed by atoms with Gasteiger partial charge in [0.2, 0.25) is 5.91 Å². The van der Waals surface area contributed by atoms with E-state index in [-0.39, 0.29) is 5.91 Å². The molecular formula is C20H22N2O2. The van der Waals surface area contributed by atoms with Crippen LogP contribution in [0.1, 0.15) is 22.4 Å². The van der Waals surface area contributed by atoms with E-state index in [4.69, 9.17) is 4.74 Å². The van der Waals surface area contributed by atoms with Crippen molar-refractivity contribution in [1.29, 1.82) is 0 Å². The van der Waals surface area contributed by atoms with Gasteiger partial charge in [0.25, 0.3) is 0 Å². The van der Waals surface area contributed by atoms with E-state index in [0.717, 1.165) is 27.7 Å². The number of benzene rings is 2. The summed E-state index contributed by atoms with van der Waals surface area (Å²) >= 11 is 0. The van der Waals surface area contributed by atoms with Crippen LogP contribution in [0.3, 0.4) is 0 Å². The van der Waals surface area contributed by atoms with Crippen molar-refractivity contribution in [3.63, 3.8) is 0 Å². The SMILES string of the molecule is COc1ccc(C)cc1NC(=O)Cc1c(C)[nH]c2ccc(C)cc12. The second-order valence-electron chi connectivity index (χ2n) is 6.21. The molecular weight excluding hydrogens is 300 g/mol. The van der Waals surface area contributed by atoms with Crippen molar-refractivity contribution in [1.82, 2.24) is 4.98 Å². The fraction of sp³-hybridized carbons (Fsp3) is 0.250. The van der Waals surface area contributed by atoms with Gasteiger partial charge in [0.15, 0.2) is 0 Å². The van der Waals surface area contributed by atoms with Crippen LogP contribution < -0.4 is 10.1 Å². The number of H-pyrrole nitrogens is 1. The highest BCUT2D eigenvalue weighted by Gasteiger charge is 2.14. The zero-order chi connectivity index (χ0) is 17.3. The number of fused-ring (bicyclic) bond motifs is 1. The molecule has 0 saturated heterocycles. The molecule has 124 valence electrons. The van der Waals surface area contributed by atoms with Crippen LogP contribution in [0.2, 0.25) is 0 Å². The van der Waals surface area contributed by atoms with Gasteiger partial charge < -0.3 is 15.0 Å². The number of carbonyl (C=O) groups is 1. The lowest BCUT2D eigenvalue weighted by Crippen LogP contribution is -2.15. The van der Waals surface area contributed by atoms with Crippen LogP contribution in [-0.4, -0.2) is 18.0 Å². The largest absolute Gasteiger partial charge is 0.495 e. The van der Waals surface area contributed by atoms with Gasteiger partial charge in [0, 0.05) is 16.6 Å². The fourth-order valence-corrected chi connectivity index (χ4v) is 3.00. The molecule has 0 atom stereocenters. The molecule has 0 saturated carbocycles. The molecule has 3 rings (SSSR count). The maximum Gasteiger partial charge on any atom is 0.228 e. The number of hydrogen-bond donors (Lipinski definition) is 2. The number of ether oxygens (including phenoxy) is 1. The van der Waals surface area contributed by atoms with Crippen molar-refractivity contribution in [2.45, 2.75) is 27.2 Å². The van der Waals surface area contributed by atoms with E-state index in [0.29, 0.717) is 17.9 Å². The number of carbonyl (C=O) groups excluding carboxylic acids is 1. The molecule has 1 amide bonds. The van der Waals surface area contributed by atoms with Gasteiger partial charge in [-0.25, -0.2) is 0 Å². The van der Waals surface area contributed by atoms with Crippen LogP contribution in [0.15, 0.2) is 36.4 Å². The highest BCUT2D eigenvalue weighted by Crippen LogP contribution is 2.27. The number of aromatic amines is 1. The number of rotatable bonds is 4. The molecule has 0 bridgehead atoms. The Morgan fingerprint density at radius 1 is 1.08 bits per heavy atom. The van der Waals surface area contributed by atoms with Gasteiger partial charge in [-0.15, -0.1) is 0 Å². The van der Waals surface area contributed by atoms with Crippen LogP contribution in [0.25, 0.3) is 10.9 Å². The lowest BCUT2D eigenvalue weighted by atomic mass is 10.1. The second-order valence-corrected chi connectivity index (χ2v) is 6.21. The lowest BCUT2D eigenvalue weighted by Gasteiger charge is -2.11. The highest BCUT2D eigenvalue weighted by molar-refractivity contribution is 5.97. The van der Waals surface area contributed by atoms with Crippen LogP contribution in [0, 0.1) is 20.8 Å². The third-order valence-electron chi connectivity index (χ3n) is 4.24. The summed E-state index contributed by atoms with van der Waals surface area (Å²) in [5, 5.41) is 4.08. The summed E-state index contributed by atoms with van der Waals surface area (Å²) in [6, 6.07) is 12.0. The molecule has 4 heteroatoms. The minimum atomic E-state index is -0.0515. The Morgan fingerprint density at radius 3 is 2.54 bits per heavy atom. The monoisotopic (exact) mass is 322 g/mol. The smallest absolute Gasteiger partial charge is 0.228 e. The second kappa shape index (κ2) is 6.40. The molecule has 0 aliphatic rings. The molecule has 2 aromatic carbocycles. The first-order valence-corrected chi connectivity index (χ1v) is 8.00. The van der Waals surface area contributed by atoms with Gasteiger partial charge in [0.1, 0.15) is 5.75 Å². The molecule has 1 aromatic heterocycles. The van der Waals surface area contributed by atoms with Gasteiger partial charge >= 0.3 is 0 Å². The standard InChI is InChI=1S/C20H22N2O2/c1-12-5-7-17-16(9-12)15(14(3)21-17)11-20(23)22-18-10-13(2)6-8-19(18)24-4/h5-10,21H,11H2,1-4H3,(H,22,23). The van der Waals surface area contributed by atoms with Gasteiger partial charge in [-0.05, 0) is 56.2 Å². The molecule has 0 unspecified atom stereocenters. The van der Waals surface area contributed by atoms with Gasteiger partial charge in [-0.1, -0.05) is 17.7 Å². The molecule has 2 N–H and O–H groups in total. The van der Waals surface area contributed by atoms with Crippen molar-refractivity contribution < 1.29 is 9.53 Å². The molecule has 0 fully saturated rings. The zero-order valence-corrected chi connectivity index (χ0v) is 14.5. The summed E-state index contributed by atoms with van der Waals surface area (Å²) in [6.07, 6.45) is 0.326. The molecule has 0 aliphatic carbocycles. The first-order valence-electron chi connectivity index (χ1n) is 8.00. The summed E-state index contributed by atoms with van der Waals surface area (Å²) < 4.78 is 5.33. The molecule has 3 aromatic rings. The molecule has 0 aliphatic heterocycles. The number of aryl methyl sites for hydroxylation is 3. The average Bonchev–Trinajstić information content (AvgIpc) is 2.83. The van der Waals surface area contributed by atoms with Gasteiger partial charge in [0.05, 0.1) is 19.2 Å². The average molecular weight is 322 g/mol. The molecule has 24 heavy (non-hydrogen) atoms. The number of aromatic nitrogens is 1. The molecule has 0 spiro atoms. The Labute approximate surface area is 141 Å². The topological polar surface area (TPSA) is 54.1 Å². The quantitative estimate of drug-likeness (QED) is 0.753. The normalized spacial score (nSPS) is 10.8. The van der Waals surface area contributed by atoms with Crippen molar-refractivity contribution >= 4 is 22.5 Å². The fourth-order valence-electron chi connectivity index (χ4n) is 3.00. The van der Waals surface area contributed by atoms with Crippen molar-refractivity contribution in [2.24, 2.45) is 0 Å². The minimum absolute atomic E-state index is 0.0515. The number of anilines is 1. The number of amides is 1. The molecule has 4 nitrogen and oxygen atoms in total. The van der Waals surface area contributed by atoms with Crippen molar-refractivity contribution in [3.05, 3.63) is 58.8 Å². The van der Waals surface area contributed by atoms with E-state index in [1.165, 1.54) is 5.56 Å². The maximum atomic E-state index is 12.6. The van der Waals surface area contributed by atoms with Gasteiger partial charge in [-0.2, -0.15) is 0 Å². The van der Waals surface area contributed by atoms with E-state index in [9.17, 15) is 4.79 Å². The summed E-state index contributed by atoms with van der Waals surface area (Å²) in [7, 11) is 1.60. The molecule has 1 heterocycles. The van der Waals surface area contributed by atoms with E-state index in [1.807, 2.05) is 32.0 Å². The van der Waals surface area contributed by atoms with Crippen molar-refractivity contribution in [2.75, 3.05) is 12.4 Å². The Bertz CT molecular complexity index is 909. The van der Waals surface area contributed by atoms with Crippen LogP contribution in [0.4, 0.5) is 5.69 Å². The van der Waals surface area contributed by atoms with Crippen LogP contribution in [0.5, 0.6) is 5.75 Å². The third-order valence-corrected chi connectivity index (χ3v) is 4.24. The maximum absolute atomic E-state index is 12.6. The third kappa shape index (κ3) is 3.13. The first kappa shape index (κ1) is 16.1. The predicted molar refractivity (Wildman–Crippen MR) is 97.8 cm³/mol. The zero-order valence-electron chi connectivity index (χ0n) is 14.5. The summed E-state index contributed by atoms with van der Waals surface area (Å²) in [4.78, 5) is 15.9. The number of methoxy groups -OCH3 is 1. The Hall–Kier alpha value is -2.75. The lowest BCUT2D eigenvalue weighted by molar-refractivity contribution is -0.115.